The van der Waals surface area contributed by atoms with Gasteiger partial charge in [0.2, 0.25) is 6.29 Å². The Kier molecular flexibility index (Phi) is 9.37. The maximum absolute atomic E-state index is 12.0. The minimum Gasteiger partial charge on any atom is -0.458 e. The van der Waals surface area contributed by atoms with Gasteiger partial charge in [0.25, 0.3) is 0 Å². The Labute approximate surface area is 232 Å². The highest BCUT2D eigenvalue weighted by Gasteiger charge is 2.46. The van der Waals surface area contributed by atoms with E-state index in [1.54, 1.807) is 11.3 Å². The number of thiophene rings is 1. The molecule has 1 saturated heterocycles. The van der Waals surface area contributed by atoms with Crippen molar-refractivity contribution in [2.45, 2.75) is 84.6 Å². The van der Waals surface area contributed by atoms with E-state index < -0.39 is 42.5 Å². The first-order valence-corrected chi connectivity index (χ1v) is 13.8. The Morgan fingerprint density at radius 1 is 0.949 bits per heavy atom. The smallest absolute Gasteiger partial charge is 0.304 e. The molecule has 0 saturated carbocycles. The number of benzene rings is 1. The van der Waals surface area contributed by atoms with Gasteiger partial charge in [-0.3, -0.25) is 14.4 Å². The fourth-order valence-electron chi connectivity index (χ4n) is 4.96. The van der Waals surface area contributed by atoms with Crippen molar-refractivity contribution in [3.63, 3.8) is 0 Å². The molecule has 208 valence electrons. The van der Waals surface area contributed by atoms with Gasteiger partial charge in [-0.1, -0.05) is 35.9 Å². The van der Waals surface area contributed by atoms with Crippen LogP contribution in [0.4, 0.5) is 0 Å². The molecular formula is C30H34O8S. The molecule has 1 aromatic heterocycles. The molecule has 4 rings (SSSR count). The number of hydrogen-bond donors (Lipinski definition) is 1. The zero-order valence-corrected chi connectivity index (χ0v) is 23.4. The fourth-order valence-corrected chi connectivity index (χ4v) is 6.00. The van der Waals surface area contributed by atoms with Crippen LogP contribution in [0.5, 0.6) is 0 Å². The van der Waals surface area contributed by atoms with Gasteiger partial charge in [-0.25, -0.2) is 0 Å². The Bertz CT molecular complexity index is 1270. The number of ether oxygens (including phenoxy) is 4. The van der Waals surface area contributed by atoms with E-state index in [1.165, 1.54) is 31.2 Å². The van der Waals surface area contributed by atoms with Crippen molar-refractivity contribution in [1.29, 1.82) is 0 Å². The number of hydrogen-bond acceptors (Lipinski definition) is 9. The quantitative estimate of drug-likeness (QED) is 0.358. The van der Waals surface area contributed by atoms with Crippen LogP contribution in [0, 0.1) is 0 Å². The highest BCUT2D eigenvalue weighted by molar-refractivity contribution is 7.15. The summed E-state index contributed by atoms with van der Waals surface area (Å²) < 4.78 is 22.6. The first kappa shape index (κ1) is 28.7. The monoisotopic (exact) mass is 554 g/mol. The Hall–Kier alpha value is -3.27. The summed E-state index contributed by atoms with van der Waals surface area (Å²) in [5.41, 5.74) is 5.27. The van der Waals surface area contributed by atoms with Crippen LogP contribution in [-0.4, -0.2) is 47.6 Å². The zero-order valence-electron chi connectivity index (χ0n) is 22.6. The highest BCUT2D eigenvalue weighted by Crippen LogP contribution is 2.37. The molecule has 4 atom stereocenters. The van der Waals surface area contributed by atoms with Crippen molar-refractivity contribution in [3.05, 3.63) is 69.6 Å². The van der Waals surface area contributed by atoms with Gasteiger partial charge in [-0.05, 0) is 54.2 Å². The van der Waals surface area contributed by atoms with Crippen LogP contribution in [0.1, 0.15) is 57.4 Å². The molecule has 1 unspecified atom stereocenters. The number of esters is 3. The molecule has 8 nitrogen and oxygen atoms in total. The SMILES string of the molecule is CC(=O)O[C@@H]1C[C@H](OC(C)=O)[C@@H](OC(C)=O)C(C2=CC(Cc3ccc(-c4ccc(CO)cc4)s3)=C(C)CC2)O1. The molecule has 0 spiro atoms. The third kappa shape index (κ3) is 7.44. The lowest BCUT2D eigenvalue weighted by atomic mass is 9.85. The second-order valence-corrected chi connectivity index (χ2v) is 11.0. The number of rotatable bonds is 8. The molecule has 1 N–H and O–H groups in total. The van der Waals surface area contributed by atoms with Crippen molar-refractivity contribution in [3.8, 4) is 10.4 Å². The lowest BCUT2D eigenvalue weighted by molar-refractivity contribution is -0.246. The molecule has 0 amide bonds. The molecule has 0 radical (unpaired) electrons. The molecule has 2 heterocycles. The van der Waals surface area contributed by atoms with Crippen molar-refractivity contribution < 1.29 is 38.4 Å². The molecule has 1 aliphatic carbocycles. The summed E-state index contributed by atoms with van der Waals surface area (Å²) >= 11 is 1.71. The third-order valence-electron chi connectivity index (χ3n) is 6.81. The minimum absolute atomic E-state index is 0.0182. The summed E-state index contributed by atoms with van der Waals surface area (Å²) in [5.74, 6) is -1.55. The lowest BCUT2D eigenvalue weighted by Crippen LogP contribution is -2.53. The number of aliphatic hydroxyl groups is 1. The van der Waals surface area contributed by atoms with Crippen LogP contribution in [0.2, 0.25) is 0 Å². The largest absolute Gasteiger partial charge is 0.458 e. The molecular weight excluding hydrogens is 520 g/mol. The average molecular weight is 555 g/mol. The van der Waals surface area contributed by atoms with Crippen LogP contribution in [0.15, 0.2) is 59.2 Å². The number of aliphatic hydroxyl groups excluding tert-OH is 1. The highest BCUT2D eigenvalue weighted by atomic mass is 32.1. The molecule has 1 fully saturated rings. The van der Waals surface area contributed by atoms with E-state index in [0.717, 1.165) is 40.0 Å². The van der Waals surface area contributed by atoms with Crippen molar-refractivity contribution >= 4 is 29.2 Å². The normalized spacial score (nSPS) is 23.2. The van der Waals surface area contributed by atoms with Crippen LogP contribution in [0.3, 0.4) is 0 Å². The van der Waals surface area contributed by atoms with E-state index in [1.807, 2.05) is 24.3 Å². The molecule has 2 aliphatic rings. The molecule has 2 aromatic rings. The standard InChI is InChI=1S/C30H34O8S/c1-17-5-8-23(13-24(17)14-25-11-12-27(39-25)22-9-6-21(16-31)7-10-22)29-30(37-20(4)34)26(35-18(2)32)15-28(38-29)36-19(3)33/h6-7,9-13,26,28-31H,5,8,14-16H2,1-4H3/t26-,28-,29?,30+/m0/s1. The van der Waals surface area contributed by atoms with Gasteiger partial charge in [-0.2, -0.15) is 0 Å². The predicted octanol–water partition coefficient (Wildman–Crippen LogP) is 5.03. The lowest BCUT2D eigenvalue weighted by Gasteiger charge is -2.41. The van der Waals surface area contributed by atoms with Crippen molar-refractivity contribution in [1.82, 2.24) is 0 Å². The molecule has 9 heteroatoms. The Morgan fingerprint density at radius 2 is 1.64 bits per heavy atom. The third-order valence-corrected chi connectivity index (χ3v) is 7.95. The summed E-state index contributed by atoms with van der Waals surface area (Å²) in [7, 11) is 0. The molecule has 1 aromatic carbocycles. The number of allylic oxidation sites excluding steroid dienone is 3. The van der Waals surface area contributed by atoms with Crippen LogP contribution in [0.25, 0.3) is 10.4 Å². The zero-order chi connectivity index (χ0) is 28.1. The van der Waals surface area contributed by atoms with Gasteiger partial charge < -0.3 is 24.1 Å². The van der Waals surface area contributed by atoms with Gasteiger partial charge >= 0.3 is 17.9 Å². The summed E-state index contributed by atoms with van der Waals surface area (Å²) in [6, 6.07) is 12.1. The second kappa shape index (κ2) is 12.7. The maximum Gasteiger partial charge on any atom is 0.304 e. The van der Waals surface area contributed by atoms with Gasteiger partial charge in [0.15, 0.2) is 6.10 Å². The number of carbonyl (C=O) groups is 3. The number of carbonyl (C=O) groups excluding carboxylic acids is 3. The first-order valence-electron chi connectivity index (χ1n) is 13.0. The minimum atomic E-state index is -0.933. The fraction of sp³-hybridized carbons (Fsp3) is 0.433. The van der Waals surface area contributed by atoms with Gasteiger partial charge in [0, 0.05) is 36.9 Å². The van der Waals surface area contributed by atoms with Gasteiger partial charge in [0.1, 0.15) is 12.2 Å². The van der Waals surface area contributed by atoms with Gasteiger partial charge in [0.05, 0.1) is 13.0 Å². The summed E-state index contributed by atoms with van der Waals surface area (Å²) in [6.45, 7) is 6.01. The van der Waals surface area contributed by atoms with E-state index in [2.05, 4.69) is 25.1 Å². The Morgan fingerprint density at radius 3 is 2.28 bits per heavy atom. The summed E-state index contributed by atoms with van der Waals surface area (Å²) in [4.78, 5) is 37.9. The maximum atomic E-state index is 12.0. The van der Waals surface area contributed by atoms with Crippen LogP contribution in [-0.2, 0) is 46.4 Å². The van der Waals surface area contributed by atoms with Crippen molar-refractivity contribution in [2.24, 2.45) is 0 Å². The summed E-state index contributed by atoms with van der Waals surface area (Å²) in [5, 5.41) is 9.31. The van der Waals surface area contributed by atoms with Crippen LogP contribution < -0.4 is 0 Å². The second-order valence-electron chi connectivity index (χ2n) is 9.88. The average Bonchev–Trinajstić information content (AvgIpc) is 3.34. The van der Waals surface area contributed by atoms with E-state index in [-0.39, 0.29) is 13.0 Å². The van der Waals surface area contributed by atoms with E-state index >= 15 is 0 Å². The van der Waals surface area contributed by atoms with Gasteiger partial charge in [-0.15, -0.1) is 11.3 Å². The van der Waals surface area contributed by atoms with E-state index in [0.29, 0.717) is 6.42 Å². The first-order chi connectivity index (χ1) is 18.6. The van der Waals surface area contributed by atoms with Crippen molar-refractivity contribution in [2.75, 3.05) is 0 Å². The predicted molar refractivity (Wildman–Crippen MR) is 146 cm³/mol. The molecule has 0 bridgehead atoms. The molecule has 39 heavy (non-hydrogen) atoms. The van der Waals surface area contributed by atoms with E-state index in [4.69, 9.17) is 18.9 Å². The topological polar surface area (TPSA) is 108 Å². The molecule has 1 aliphatic heterocycles. The van der Waals surface area contributed by atoms with E-state index in [9.17, 15) is 19.5 Å². The summed E-state index contributed by atoms with van der Waals surface area (Å²) in [6.07, 6.45) is 0.995. The van der Waals surface area contributed by atoms with Crippen LogP contribution >= 0.6 is 11.3 Å². The Balaban J connectivity index is 1.59.